The van der Waals surface area contributed by atoms with E-state index in [2.05, 4.69) is 16.0 Å². The summed E-state index contributed by atoms with van der Waals surface area (Å²) in [5.41, 5.74) is 8.02. The quantitative estimate of drug-likeness (QED) is 0.192. The Bertz CT molecular complexity index is 1510. The van der Waals surface area contributed by atoms with Crippen molar-refractivity contribution in [2.24, 2.45) is 11.7 Å². The number of alkyl halides is 3. The summed E-state index contributed by atoms with van der Waals surface area (Å²) in [4.78, 5) is 74.2. The first kappa shape index (κ1) is 36.7. The summed E-state index contributed by atoms with van der Waals surface area (Å²) in [5.74, 6) is -3.76. The standard InChI is InChI=1S/C30H37N5O5.C2HF3O2/c1-18(2)16-22(31)29(39)34-17-25(36)35-15-6-12-24(35)30(40)33-14-7-13-32-23-11-5-10-21-26(23)28(38)20-9-4-3-8-19(20)27(21)37;3-2(4,5)1(6)7/h3-5,8-11,18,22,24,32H,6-7,12-17,31H2,1-2H3,(H,33,40)(H,34,39);(H,6,7)/t22-,24-;/m0./s1. The lowest BCUT2D eigenvalue weighted by Crippen LogP contribution is -2.50. The first-order valence-electron chi connectivity index (χ1n) is 15.1. The Morgan fingerprint density at radius 2 is 1.57 bits per heavy atom. The normalized spacial score (nSPS) is 16.0. The first-order chi connectivity index (χ1) is 22.1. The third kappa shape index (κ3) is 9.61. The molecule has 0 unspecified atom stereocenters. The van der Waals surface area contributed by atoms with Gasteiger partial charge >= 0.3 is 12.1 Å². The fourth-order valence-corrected chi connectivity index (χ4v) is 5.28. The Hall–Kier alpha value is -4.79. The van der Waals surface area contributed by atoms with E-state index in [4.69, 9.17) is 15.6 Å². The summed E-state index contributed by atoms with van der Waals surface area (Å²) in [6.07, 6.45) is -2.72. The van der Waals surface area contributed by atoms with Crippen LogP contribution in [0.25, 0.3) is 0 Å². The topological polar surface area (TPSA) is 188 Å². The fourth-order valence-electron chi connectivity index (χ4n) is 5.28. The number of benzene rings is 2. The van der Waals surface area contributed by atoms with E-state index in [-0.39, 0.29) is 41.8 Å². The molecule has 1 heterocycles. The number of likely N-dealkylation sites (tertiary alicyclic amines) is 1. The number of carbonyl (C=O) groups excluding carboxylic acids is 5. The maximum Gasteiger partial charge on any atom is 0.490 e. The highest BCUT2D eigenvalue weighted by Crippen LogP contribution is 2.31. The van der Waals surface area contributed by atoms with Gasteiger partial charge in [0.25, 0.3) is 0 Å². The predicted octanol–water partition coefficient (Wildman–Crippen LogP) is 2.49. The van der Waals surface area contributed by atoms with Gasteiger partial charge in [0, 0.05) is 42.0 Å². The van der Waals surface area contributed by atoms with E-state index < -0.39 is 24.2 Å². The molecular weight excluding hydrogens is 623 g/mol. The maximum absolute atomic E-state index is 13.1. The van der Waals surface area contributed by atoms with E-state index >= 15 is 0 Å². The van der Waals surface area contributed by atoms with Gasteiger partial charge in [-0.3, -0.25) is 24.0 Å². The Morgan fingerprint density at radius 1 is 0.957 bits per heavy atom. The summed E-state index contributed by atoms with van der Waals surface area (Å²) in [6.45, 7) is 5.05. The highest BCUT2D eigenvalue weighted by molar-refractivity contribution is 6.30. The molecule has 6 N–H and O–H groups in total. The van der Waals surface area contributed by atoms with E-state index in [0.29, 0.717) is 73.3 Å². The van der Waals surface area contributed by atoms with E-state index in [1.807, 2.05) is 13.8 Å². The molecule has 1 fully saturated rings. The number of nitrogens with one attached hydrogen (secondary N) is 3. The molecule has 0 saturated carbocycles. The van der Waals surface area contributed by atoms with Gasteiger partial charge in [-0.2, -0.15) is 13.2 Å². The highest BCUT2D eigenvalue weighted by Gasteiger charge is 2.38. The summed E-state index contributed by atoms with van der Waals surface area (Å²) >= 11 is 0. The van der Waals surface area contributed by atoms with Gasteiger partial charge in [0.1, 0.15) is 6.04 Å². The zero-order chi connectivity index (χ0) is 34.9. The minimum absolute atomic E-state index is 0.172. The number of fused-ring (bicyclic) bond motifs is 2. The zero-order valence-corrected chi connectivity index (χ0v) is 26.0. The zero-order valence-electron chi connectivity index (χ0n) is 26.0. The van der Waals surface area contributed by atoms with Crippen LogP contribution in [0.15, 0.2) is 42.5 Å². The number of carbonyl (C=O) groups is 6. The van der Waals surface area contributed by atoms with Crippen molar-refractivity contribution in [3.05, 3.63) is 64.7 Å². The van der Waals surface area contributed by atoms with Gasteiger partial charge in [0.2, 0.25) is 17.7 Å². The van der Waals surface area contributed by atoms with Crippen molar-refractivity contribution >= 4 is 40.9 Å². The largest absolute Gasteiger partial charge is 0.490 e. The van der Waals surface area contributed by atoms with Crippen molar-refractivity contribution in [2.75, 3.05) is 31.5 Å². The molecule has 0 radical (unpaired) electrons. The Balaban J connectivity index is 0.000000771. The lowest BCUT2D eigenvalue weighted by Gasteiger charge is -2.24. The lowest BCUT2D eigenvalue weighted by atomic mass is 9.83. The fraction of sp³-hybridized carbons (Fsp3) is 0.438. The van der Waals surface area contributed by atoms with Crippen LogP contribution in [0.3, 0.4) is 0 Å². The molecule has 1 aliphatic heterocycles. The number of halogens is 3. The van der Waals surface area contributed by atoms with Crippen LogP contribution < -0.4 is 21.7 Å². The van der Waals surface area contributed by atoms with Crippen molar-refractivity contribution in [2.45, 2.75) is 57.8 Å². The number of rotatable bonds is 11. The number of nitrogens with two attached hydrogens (primary N) is 1. The van der Waals surface area contributed by atoms with Gasteiger partial charge in [0.15, 0.2) is 11.6 Å². The van der Waals surface area contributed by atoms with Crippen LogP contribution in [0.2, 0.25) is 0 Å². The van der Waals surface area contributed by atoms with E-state index in [1.165, 1.54) is 4.90 Å². The van der Waals surface area contributed by atoms with Gasteiger partial charge in [-0.25, -0.2) is 4.79 Å². The molecule has 2 atom stereocenters. The van der Waals surface area contributed by atoms with Crippen molar-refractivity contribution in [1.82, 2.24) is 15.5 Å². The SMILES string of the molecule is CC(C)C[C@H](N)C(=O)NCC(=O)N1CCC[C@H]1C(=O)NCCCNc1cccc2c1C(=O)c1ccccc1C2=O.O=C(O)C(F)(F)F. The number of aliphatic carboxylic acids is 1. The van der Waals surface area contributed by atoms with Crippen LogP contribution in [-0.2, 0) is 19.2 Å². The molecule has 2 aliphatic rings. The number of carboxylic acids is 1. The van der Waals surface area contributed by atoms with Crippen LogP contribution in [0.1, 0.15) is 71.4 Å². The smallest absolute Gasteiger partial charge is 0.475 e. The van der Waals surface area contributed by atoms with Crippen molar-refractivity contribution in [1.29, 1.82) is 0 Å². The predicted molar refractivity (Wildman–Crippen MR) is 165 cm³/mol. The third-order valence-corrected chi connectivity index (χ3v) is 7.51. The first-order valence-corrected chi connectivity index (χ1v) is 15.1. The van der Waals surface area contributed by atoms with Gasteiger partial charge in [-0.1, -0.05) is 50.2 Å². The second-order valence-corrected chi connectivity index (χ2v) is 11.5. The Kier molecular flexibility index (Phi) is 12.6. The van der Waals surface area contributed by atoms with Crippen molar-refractivity contribution in [3.8, 4) is 0 Å². The van der Waals surface area contributed by atoms with E-state index in [1.54, 1.807) is 42.5 Å². The van der Waals surface area contributed by atoms with Crippen LogP contribution in [-0.4, -0.2) is 89.7 Å². The van der Waals surface area contributed by atoms with Gasteiger partial charge < -0.3 is 31.7 Å². The highest BCUT2D eigenvalue weighted by atomic mass is 19.4. The molecular formula is C32H38F3N5O7. The van der Waals surface area contributed by atoms with Crippen molar-refractivity contribution < 1.29 is 47.0 Å². The molecule has 3 amide bonds. The van der Waals surface area contributed by atoms with Gasteiger partial charge in [-0.05, 0) is 37.7 Å². The summed E-state index contributed by atoms with van der Waals surface area (Å²) in [6, 6.07) is 10.7. The van der Waals surface area contributed by atoms with Crippen LogP contribution in [0, 0.1) is 5.92 Å². The molecule has 1 aliphatic carbocycles. The average Bonchev–Trinajstić information content (AvgIpc) is 3.52. The number of ketones is 2. The summed E-state index contributed by atoms with van der Waals surface area (Å²) in [5, 5.41) is 15.8. The molecule has 2 aromatic carbocycles. The Morgan fingerprint density at radius 3 is 2.19 bits per heavy atom. The second kappa shape index (κ2) is 16.2. The average molecular weight is 662 g/mol. The molecule has 0 bridgehead atoms. The molecule has 254 valence electrons. The minimum atomic E-state index is -5.08. The monoisotopic (exact) mass is 661 g/mol. The molecule has 0 spiro atoms. The maximum atomic E-state index is 13.1. The number of hydrogen-bond acceptors (Lipinski definition) is 8. The Labute approximate surface area is 269 Å². The number of anilines is 1. The van der Waals surface area contributed by atoms with Crippen LogP contribution in [0.5, 0.6) is 0 Å². The molecule has 1 saturated heterocycles. The van der Waals surface area contributed by atoms with Crippen molar-refractivity contribution in [3.63, 3.8) is 0 Å². The third-order valence-electron chi connectivity index (χ3n) is 7.51. The molecule has 0 aromatic heterocycles. The molecule has 12 nitrogen and oxygen atoms in total. The summed E-state index contributed by atoms with van der Waals surface area (Å²) < 4.78 is 31.7. The van der Waals surface area contributed by atoms with E-state index in [0.717, 1.165) is 0 Å². The van der Waals surface area contributed by atoms with Gasteiger partial charge in [0.05, 0.1) is 18.2 Å². The lowest BCUT2D eigenvalue weighted by molar-refractivity contribution is -0.192. The molecule has 15 heteroatoms. The number of nitrogens with zero attached hydrogens (tertiary/aromatic N) is 1. The van der Waals surface area contributed by atoms with E-state index in [9.17, 15) is 37.1 Å². The number of amides is 3. The van der Waals surface area contributed by atoms with Crippen LogP contribution >= 0.6 is 0 Å². The molecule has 47 heavy (non-hydrogen) atoms. The second-order valence-electron chi connectivity index (χ2n) is 11.5. The summed E-state index contributed by atoms with van der Waals surface area (Å²) in [7, 11) is 0. The van der Waals surface area contributed by atoms with Crippen LogP contribution in [0.4, 0.5) is 18.9 Å². The molecule has 2 aromatic rings. The minimum Gasteiger partial charge on any atom is -0.475 e. The number of carboxylic acid groups (broad SMARTS) is 1. The van der Waals surface area contributed by atoms with Gasteiger partial charge in [-0.15, -0.1) is 0 Å². The number of hydrogen-bond donors (Lipinski definition) is 5. The molecule has 4 rings (SSSR count).